The first-order valence-corrected chi connectivity index (χ1v) is 5.63. The van der Waals surface area contributed by atoms with Gasteiger partial charge in [-0.05, 0) is 24.1 Å². The maximum absolute atomic E-state index is 13.5. The van der Waals surface area contributed by atoms with Gasteiger partial charge in [0.2, 0.25) is 5.91 Å². The molecule has 0 aromatic heterocycles. The summed E-state index contributed by atoms with van der Waals surface area (Å²) < 4.78 is 13.5. The Morgan fingerprint density at radius 1 is 1.47 bits per heavy atom. The van der Waals surface area contributed by atoms with Gasteiger partial charge in [0.05, 0.1) is 17.3 Å². The van der Waals surface area contributed by atoms with Crippen LogP contribution in [0.15, 0.2) is 18.2 Å². The van der Waals surface area contributed by atoms with E-state index in [4.69, 9.17) is 10.4 Å². The number of carboxylic acids is 1. The number of amides is 1. The Morgan fingerprint density at radius 2 is 2.16 bits per heavy atom. The molecular weight excluding hydrogens is 251 g/mol. The number of hydrogen-bond donors (Lipinski definition) is 2. The fourth-order valence-corrected chi connectivity index (χ4v) is 1.57. The van der Waals surface area contributed by atoms with Crippen LogP contribution in [0.25, 0.3) is 0 Å². The minimum atomic E-state index is -0.982. The van der Waals surface area contributed by atoms with Crippen LogP contribution in [0.5, 0.6) is 0 Å². The highest BCUT2D eigenvalue weighted by Crippen LogP contribution is 2.17. The van der Waals surface area contributed by atoms with E-state index in [1.54, 1.807) is 13.0 Å². The maximum Gasteiger partial charge on any atom is 0.303 e. The van der Waals surface area contributed by atoms with E-state index in [1.807, 2.05) is 0 Å². The van der Waals surface area contributed by atoms with Gasteiger partial charge in [0.15, 0.2) is 0 Å². The molecule has 0 heterocycles. The van der Waals surface area contributed by atoms with Gasteiger partial charge in [-0.25, -0.2) is 4.39 Å². The first-order chi connectivity index (χ1) is 8.92. The number of aliphatic carboxylic acids is 1. The van der Waals surface area contributed by atoms with Gasteiger partial charge in [-0.2, -0.15) is 5.26 Å². The average molecular weight is 264 g/mol. The van der Waals surface area contributed by atoms with Gasteiger partial charge in [0.1, 0.15) is 5.82 Å². The van der Waals surface area contributed by atoms with Gasteiger partial charge >= 0.3 is 5.97 Å². The Labute approximate surface area is 109 Å². The number of rotatable bonds is 5. The third-order valence-corrected chi connectivity index (χ3v) is 2.43. The summed E-state index contributed by atoms with van der Waals surface area (Å²) in [6.07, 6.45) is -0.130. The highest BCUT2D eigenvalue weighted by atomic mass is 19.1. The van der Waals surface area contributed by atoms with E-state index in [1.165, 1.54) is 12.1 Å². The smallest absolute Gasteiger partial charge is 0.303 e. The summed E-state index contributed by atoms with van der Waals surface area (Å²) in [5.74, 6) is -2.47. The fourth-order valence-electron chi connectivity index (χ4n) is 1.57. The second-order valence-electron chi connectivity index (χ2n) is 4.26. The Hall–Kier alpha value is -2.42. The molecule has 0 aliphatic heterocycles. The van der Waals surface area contributed by atoms with E-state index in [9.17, 15) is 14.0 Å². The third kappa shape index (κ3) is 4.76. The molecule has 0 saturated heterocycles. The number of nitrogens with zero attached hydrogens (tertiary/aromatic N) is 1. The van der Waals surface area contributed by atoms with Gasteiger partial charge in [0.25, 0.3) is 0 Å². The third-order valence-electron chi connectivity index (χ3n) is 2.43. The largest absolute Gasteiger partial charge is 0.481 e. The van der Waals surface area contributed by atoms with Crippen LogP contribution in [0, 0.1) is 23.1 Å². The molecule has 0 bridgehead atoms. The summed E-state index contributed by atoms with van der Waals surface area (Å²) in [5.41, 5.74) is 0.140. The van der Waals surface area contributed by atoms with Crippen molar-refractivity contribution in [3.8, 4) is 6.07 Å². The van der Waals surface area contributed by atoms with Crippen molar-refractivity contribution in [2.24, 2.45) is 5.92 Å². The Balaban J connectivity index is 2.62. The van der Waals surface area contributed by atoms with Crippen molar-refractivity contribution >= 4 is 17.6 Å². The molecule has 0 aliphatic rings. The number of carbonyl (C=O) groups excluding carboxylic acids is 1. The first-order valence-electron chi connectivity index (χ1n) is 5.63. The van der Waals surface area contributed by atoms with Gasteiger partial charge < -0.3 is 10.4 Å². The molecule has 5 nitrogen and oxygen atoms in total. The predicted octanol–water partition coefficient (Wildman–Crippen LogP) is 2.14. The molecule has 1 rings (SSSR count). The van der Waals surface area contributed by atoms with Gasteiger partial charge in [-0.3, -0.25) is 9.59 Å². The predicted molar refractivity (Wildman–Crippen MR) is 65.8 cm³/mol. The fraction of sp³-hybridized carbons (Fsp3) is 0.308. The van der Waals surface area contributed by atoms with E-state index in [-0.39, 0.29) is 30.0 Å². The zero-order valence-corrected chi connectivity index (χ0v) is 10.3. The molecule has 0 aliphatic carbocycles. The molecule has 1 unspecified atom stereocenters. The van der Waals surface area contributed by atoms with Gasteiger partial charge in [-0.1, -0.05) is 6.92 Å². The zero-order valence-electron chi connectivity index (χ0n) is 10.3. The van der Waals surface area contributed by atoms with E-state index >= 15 is 0 Å². The van der Waals surface area contributed by atoms with Crippen molar-refractivity contribution in [2.45, 2.75) is 19.8 Å². The van der Waals surface area contributed by atoms with E-state index in [2.05, 4.69) is 5.32 Å². The molecule has 0 fully saturated rings. The summed E-state index contributed by atoms with van der Waals surface area (Å²) >= 11 is 0. The average Bonchev–Trinajstić information content (AvgIpc) is 2.30. The van der Waals surface area contributed by atoms with Crippen molar-refractivity contribution in [3.05, 3.63) is 29.6 Å². The summed E-state index contributed by atoms with van der Waals surface area (Å²) in [6.45, 7) is 1.63. The Bertz CT molecular complexity index is 537. The van der Waals surface area contributed by atoms with Crippen LogP contribution in [-0.4, -0.2) is 17.0 Å². The minimum Gasteiger partial charge on any atom is -0.481 e. The normalized spacial score (nSPS) is 11.4. The lowest BCUT2D eigenvalue weighted by molar-refractivity contribution is -0.138. The van der Waals surface area contributed by atoms with Crippen LogP contribution in [0.1, 0.15) is 25.3 Å². The number of benzene rings is 1. The molecule has 1 aromatic rings. The molecule has 6 heteroatoms. The van der Waals surface area contributed by atoms with Crippen molar-refractivity contribution in [1.29, 1.82) is 5.26 Å². The maximum atomic E-state index is 13.5. The Morgan fingerprint density at radius 3 is 2.68 bits per heavy atom. The van der Waals surface area contributed by atoms with Crippen LogP contribution in [0.2, 0.25) is 0 Å². The number of anilines is 1. The molecule has 19 heavy (non-hydrogen) atoms. The van der Waals surface area contributed by atoms with Crippen LogP contribution >= 0.6 is 0 Å². The number of hydrogen-bond acceptors (Lipinski definition) is 3. The zero-order chi connectivity index (χ0) is 14.4. The van der Waals surface area contributed by atoms with Gasteiger partial charge in [-0.15, -0.1) is 0 Å². The first kappa shape index (κ1) is 14.6. The summed E-state index contributed by atoms with van der Waals surface area (Å²) in [4.78, 5) is 22.0. The summed E-state index contributed by atoms with van der Waals surface area (Å²) in [6, 6.07) is 5.50. The summed E-state index contributed by atoms with van der Waals surface area (Å²) in [5, 5.41) is 19.5. The second-order valence-corrected chi connectivity index (χ2v) is 4.26. The van der Waals surface area contributed by atoms with E-state index in [0.717, 1.165) is 6.07 Å². The van der Waals surface area contributed by atoms with Gasteiger partial charge in [0, 0.05) is 12.8 Å². The van der Waals surface area contributed by atoms with Crippen molar-refractivity contribution in [1.82, 2.24) is 0 Å². The Kier molecular flexibility index (Phi) is 5.01. The quantitative estimate of drug-likeness (QED) is 0.852. The molecule has 100 valence electrons. The summed E-state index contributed by atoms with van der Waals surface area (Å²) in [7, 11) is 0. The highest BCUT2D eigenvalue weighted by Gasteiger charge is 2.14. The molecule has 1 amide bonds. The van der Waals surface area contributed by atoms with Crippen molar-refractivity contribution in [2.75, 3.05) is 5.32 Å². The minimum absolute atomic E-state index is 0.00819. The highest BCUT2D eigenvalue weighted by molar-refractivity contribution is 5.91. The molecule has 1 atom stereocenters. The van der Waals surface area contributed by atoms with E-state index < -0.39 is 17.7 Å². The standard InChI is InChI=1S/C13H13FN2O3/c1-8(5-13(18)19)4-12(17)16-11-3-2-9(7-15)6-10(11)14/h2-3,6,8H,4-5H2,1H3,(H,16,17)(H,18,19). The molecule has 0 radical (unpaired) electrons. The second kappa shape index (κ2) is 6.50. The van der Waals surface area contributed by atoms with Crippen LogP contribution < -0.4 is 5.32 Å². The van der Waals surface area contributed by atoms with Crippen LogP contribution in [-0.2, 0) is 9.59 Å². The lowest BCUT2D eigenvalue weighted by Crippen LogP contribution is -2.17. The SMILES string of the molecule is CC(CC(=O)O)CC(=O)Nc1ccc(C#N)cc1F. The molecule has 0 saturated carbocycles. The van der Waals surface area contributed by atoms with Crippen molar-refractivity contribution < 1.29 is 19.1 Å². The number of carboxylic acid groups (broad SMARTS) is 1. The number of carbonyl (C=O) groups is 2. The monoisotopic (exact) mass is 264 g/mol. The lowest BCUT2D eigenvalue weighted by atomic mass is 10.0. The molecule has 2 N–H and O–H groups in total. The molecule has 1 aromatic carbocycles. The molecular formula is C13H13FN2O3. The van der Waals surface area contributed by atoms with Crippen LogP contribution in [0.4, 0.5) is 10.1 Å². The number of nitrogens with one attached hydrogen (secondary N) is 1. The number of nitriles is 1. The number of halogens is 1. The topological polar surface area (TPSA) is 90.2 Å². The molecule has 0 spiro atoms. The van der Waals surface area contributed by atoms with E-state index in [0.29, 0.717) is 0 Å². The van der Waals surface area contributed by atoms with Crippen LogP contribution in [0.3, 0.4) is 0 Å². The lowest BCUT2D eigenvalue weighted by Gasteiger charge is -2.10. The van der Waals surface area contributed by atoms with Crippen molar-refractivity contribution in [3.63, 3.8) is 0 Å².